The summed E-state index contributed by atoms with van der Waals surface area (Å²) in [6, 6.07) is 5.66. The van der Waals surface area contributed by atoms with Crippen molar-refractivity contribution in [2.75, 3.05) is 14.2 Å². The average molecular weight is 389 g/mol. The van der Waals surface area contributed by atoms with Gasteiger partial charge in [0.1, 0.15) is 10.3 Å². The Morgan fingerprint density at radius 3 is 2.41 bits per heavy atom. The van der Waals surface area contributed by atoms with E-state index in [2.05, 4.69) is 0 Å². The molecule has 0 saturated heterocycles. The van der Waals surface area contributed by atoms with Crippen molar-refractivity contribution in [3.05, 3.63) is 34.7 Å². The first-order chi connectivity index (χ1) is 12.7. The summed E-state index contributed by atoms with van der Waals surface area (Å²) in [4.78, 5) is 24.8. The number of fused-ring (bicyclic) bond motifs is 3. The first-order valence-electron chi connectivity index (χ1n) is 8.63. The third-order valence-corrected chi connectivity index (χ3v) is 5.24. The summed E-state index contributed by atoms with van der Waals surface area (Å²) in [6.07, 6.45) is 1.87. The topological polar surface area (TPSA) is 66.8 Å². The molecule has 27 heavy (non-hydrogen) atoms. The molecule has 0 aliphatic heterocycles. The van der Waals surface area contributed by atoms with Crippen LogP contribution in [0, 0.1) is 0 Å². The molecule has 6 nitrogen and oxygen atoms in total. The summed E-state index contributed by atoms with van der Waals surface area (Å²) in [5, 5.41) is 1.82. The van der Waals surface area contributed by atoms with Gasteiger partial charge in [-0.25, -0.2) is 0 Å². The van der Waals surface area contributed by atoms with Gasteiger partial charge in [0.05, 0.1) is 20.6 Å². The molecule has 0 aliphatic rings. The number of aryl methyl sites for hydroxylation is 1. The van der Waals surface area contributed by atoms with Crippen LogP contribution in [0.1, 0.15) is 27.2 Å². The molecule has 3 rings (SSSR count). The zero-order valence-corrected chi connectivity index (χ0v) is 16.9. The summed E-state index contributed by atoms with van der Waals surface area (Å²) >= 11 is 1.41. The molecule has 0 N–H and O–H groups in total. The van der Waals surface area contributed by atoms with Crippen molar-refractivity contribution in [1.29, 1.82) is 0 Å². The lowest BCUT2D eigenvalue weighted by Crippen LogP contribution is -2.26. The van der Waals surface area contributed by atoms with E-state index in [0.29, 0.717) is 16.2 Å². The number of methoxy groups -OCH3 is 2. The van der Waals surface area contributed by atoms with E-state index in [1.807, 2.05) is 39.0 Å². The highest BCUT2D eigenvalue weighted by atomic mass is 32.1. The van der Waals surface area contributed by atoms with Gasteiger partial charge < -0.3 is 18.8 Å². The number of benzene rings is 1. The molecule has 2 heterocycles. The quantitative estimate of drug-likeness (QED) is 0.618. The van der Waals surface area contributed by atoms with Gasteiger partial charge in [0.25, 0.3) is 5.56 Å². The fourth-order valence-electron chi connectivity index (χ4n) is 2.91. The van der Waals surface area contributed by atoms with E-state index in [4.69, 9.17) is 14.2 Å². The van der Waals surface area contributed by atoms with Gasteiger partial charge in [0, 0.05) is 34.3 Å². The van der Waals surface area contributed by atoms with Crippen LogP contribution in [0.3, 0.4) is 0 Å². The zero-order valence-electron chi connectivity index (χ0n) is 16.1. The maximum atomic E-state index is 12.9. The van der Waals surface area contributed by atoms with Crippen LogP contribution in [0.2, 0.25) is 0 Å². The van der Waals surface area contributed by atoms with Gasteiger partial charge in [-0.3, -0.25) is 9.59 Å². The molecule has 3 aromatic rings. The summed E-state index contributed by atoms with van der Waals surface area (Å²) in [7, 11) is 3.17. The van der Waals surface area contributed by atoms with Gasteiger partial charge in [-0.05, 0) is 32.9 Å². The maximum absolute atomic E-state index is 12.9. The lowest BCUT2D eigenvalue weighted by Gasteiger charge is -2.19. The Morgan fingerprint density at radius 2 is 1.78 bits per heavy atom. The molecule has 1 aromatic carbocycles. The number of pyridine rings is 1. The third kappa shape index (κ3) is 3.93. The number of ether oxygens (including phenoxy) is 3. The van der Waals surface area contributed by atoms with Gasteiger partial charge >= 0.3 is 5.97 Å². The number of carbonyl (C=O) groups excluding carboxylic acids is 1. The first-order valence-corrected chi connectivity index (χ1v) is 9.44. The van der Waals surface area contributed by atoms with E-state index < -0.39 is 5.60 Å². The fraction of sp³-hybridized carbons (Fsp3) is 0.400. The smallest absolute Gasteiger partial charge is 0.308 e. The molecule has 0 unspecified atom stereocenters. The molecule has 0 saturated carbocycles. The largest absolute Gasteiger partial charge is 0.493 e. The lowest BCUT2D eigenvalue weighted by molar-refractivity contribution is -0.155. The molecule has 0 fully saturated rings. The molecular weight excluding hydrogens is 366 g/mol. The van der Waals surface area contributed by atoms with Crippen LogP contribution in [0.4, 0.5) is 0 Å². The molecule has 0 aliphatic carbocycles. The molecule has 0 atom stereocenters. The highest BCUT2D eigenvalue weighted by Gasteiger charge is 2.17. The van der Waals surface area contributed by atoms with Crippen molar-refractivity contribution in [3.8, 4) is 11.5 Å². The second kappa shape index (κ2) is 7.23. The van der Waals surface area contributed by atoms with Crippen molar-refractivity contribution < 1.29 is 19.0 Å². The molecule has 144 valence electrons. The molecule has 7 heteroatoms. The Labute approximate surface area is 161 Å². The van der Waals surface area contributed by atoms with Crippen molar-refractivity contribution in [3.63, 3.8) is 0 Å². The Hall–Kier alpha value is -2.54. The summed E-state index contributed by atoms with van der Waals surface area (Å²) in [5.74, 6) is 0.931. The predicted molar refractivity (Wildman–Crippen MR) is 107 cm³/mol. The minimum Gasteiger partial charge on any atom is -0.493 e. The monoisotopic (exact) mass is 389 g/mol. The van der Waals surface area contributed by atoms with Gasteiger partial charge in [-0.2, -0.15) is 0 Å². The Morgan fingerprint density at radius 1 is 1.11 bits per heavy atom. The van der Waals surface area contributed by atoms with Crippen LogP contribution in [0.25, 0.3) is 20.2 Å². The number of hydrogen-bond acceptors (Lipinski definition) is 6. The molecule has 0 bridgehead atoms. The van der Waals surface area contributed by atoms with E-state index in [9.17, 15) is 9.59 Å². The Bertz CT molecular complexity index is 1060. The van der Waals surface area contributed by atoms with Crippen LogP contribution < -0.4 is 15.0 Å². The molecule has 0 radical (unpaired) electrons. The number of carbonyl (C=O) groups is 1. The van der Waals surface area contributed by atoms with Crippen LogP contribution in [0.15, 0.2) is 29.2 Å². The molecular formula is C20H23NO5S. The Kier molecular flexibility index (Phi) is 5.15. The number of hydrogen-bond donors (Lipinski definition) is 0. The zero-order chi connectivity index (χ0) is 19.8. The van der Waals surface area contributed by atoms with E-state index in [1.54, 1.807) is 25.0 Å². The van der Waals surface area contributed by atoms with Crippen molar-refractivity contribution in [1.82, 2.24) is 4.57 Å². The number of esters is 1. The van der Waals surface area contributed by atoms with Crippen LogP contribution in [0.5, 0.6) is 11.5 Å². The fourth-order valence-corrected chi connectivity index (χ4v) is 4.07. The van der Waals surface area contributed by atoms with Crippen molar-refractivity contribution >= 4 is 37.5 Å². The van der Waals surface area contributed by atoms with Crippen molar-refractivity contribution in [2.24, 2.45) is 0 Å². The second-order valence-corrected chi connectivity index (χ2v) is 8.25. The molecule has 0 amide bonds. The highest BCUT2D eigenvalue weighted by Crippen LogP contribution is 2.39. The van der Waals surface area contributed by atoms with E-state index in [0.717, 1.165) is 15.5 Å². The van der Waals surface area contributed by atoms with E-state index >= 15 is 0 Å². The summed E-state index contributed by atoms with van der Waals surface area (Å²) in [6.45, 7) is 5.75. The van der Waals surface area contributed by atoms with Crippen LogP contribution >= 0.6 is 11.3 Å². The van der Waals surface area contributed by atoms with Gasteiger partial charge in [-0.15, -0.1) is 11.3 Å². The number of rotatable bonds is 5. The normalized spacial score (nSPS) is 11.7. The first kappa shape index (κ1) is 19.2. The second-order valence-electron chi connectivity index (χ2n) is 7.20. The maximum Gasteiger partial charge on any atom is 0.308 e. The van der Waals surface area contributed by atoms with Gasteiger partial charge in [0.15, 0.2) is 11.5 Å². The summed E-state index contributed by atoms with van der Waals surface area (Å²) < 4.78 is 19.2. The van der Waals surface area contributed by atoms with E-state index in [1.165, 1.54) is 11.3 Å². The van der Waals surface area contributed by atoms with Crippen LogP contribution in [-0.4, -0.2) is 30.4 Å². The van der Waals surface area contributed by atoms with Gasteiger partial charge in [-0.1, -0.05) is 0 Å². The summed E-state index contributed by atoms with van der Waals surface area (Å²) in [5.41, 5.74) is -0.648. The van der Waals surface area contributed by atoms with Crippen molar-refractivity contribution in [2.45, 2.75) is 39.3 Å². The standard InChI is InChI=1S/C20H23NO5S/c1-20(2,3)26-17(22)7-9-21-8-6-12-13-10-14(24-4)15(25-5)11-16(13)27-18(12)19(21)23/h6,8,10-11H,7,9H2,1-5H3. The van der Waals surface area contributed by atoms with Gasteiger partial charge in [0.2, 0.25) is 0 Å². The van der Waals surface area contributed by atoms with Crippen LogP contribution in [-0.2, 0) is 16.1 Å². The molecule has 2 aromatic heterocycles. The van der Waals surface area contributed by atoms with E-state index in [-0.39, 0.29) is 24.5 Å². The highest BCUT2D eigenvalue weighted by molar-refractivity contribution is 7.25. The Balaban J connectivity index is 1.96. The molecule has 0 spiro atoms. The number of nitrogens with zero attached hydrogens (tertiary/aromatic N) is 1. The number of thiophene rings is 1. The predicted octanol–water partition coefficient (Wildman–Crippen LogP) is 3.97. The SMILES string of the molecule is COc1cc2sc3c(=O)n(CCC(=O)OC(C)(C)C)ccc3c2cc1OC. The lowest BCUT2D eigenvalue weighted by atomic mass is 10.1. The minimum atomic E-state index is -0.532. The number of aromatic nitrogens is 1. The third-order valence-electron chi connectivity index (χ3n) is 4.09. The average Bonchev–Trinajstić information content (AvgIpc) is 2.96. The minimum absolute atomic E-state index is 0.116.